The average Bonchev–Trinajstić information content (AvgIpc) is 3.38. The van der Waals surface area contributed by atoms with Gasteiger partial charge in [-0.05, 0) is 47.7 Å². The van der Waals surface area contributed by atoms with E-state index in [2.05, 4.69) is 15.9 Å². The second-order valence-electron chi connectivity index (χ2n) is 7.22. The Hall–Kier alpha value is -1.37. The number of aryl methyl sites for hydroxylation is 1. The van der Waals surface area contributed by atoms with Crippen LogP contribution in [0.2, 0.25) is 0 Å². The summed E-state index contributed by atoms with van der Waals surface area (Å²) in [4.78, 5) is 15.4. The molecule has 2 fully saturated rings. The zero-order valence-corrected chi connectivity index (χ0v) is 16.7. The molecule has 5 nitrogen and oxygen atoms in total. The topological polar surface area (TPSA) is 43.7 Å². The molecule has 3 heterocycles. The SMILES string of the molecule is Cn1c(C(=O)N(C[C@H]2CCCO2)C[C@H]2CCCO2)c(Br)c2ccccc21. The van der Waals surface area contributed by atoms with E-state index in [1.807, 2.05) is 40.8 Å². The van der Waals surface area contributed by atoms with Crippen LogP contribution in [0.1, 0.15) is 36.2 Å². The molecule has 2 saturated heterocycles. The third-order valence-electron chi connectivity index (χ3n) is 5.43. The molecule has 2 aromatic rings. The van der Waals surface area contributed by atoms with Gasteiger partial charge in [0, 0.05) is 44.3 Å². The summed E-state index contributed by atoms with van der Waals surface area (Å²) >= 11 is 3.67. The fourth-order valence-corrected chi connectivity index (χ4v) is 4.81. The van der Waals surface area contributed by atoms with Gasteiger partial charge in [0.15, 0.2) is 0 Å². The highest BCUT2D eigenvalue weighted by Gasteiger charge is 2.30. The summed E-state index contributed by atoms with van der Waals surface area (Å²) in [6, 6.07) is 8.08. The molecule has 1 aromatic heterocycles. The minimum absolute atomic E-state index is 0.0431. The molecule has 0 unspecified atom stereocenters. The van der Waals surface area contributed by atoms with Crippen LogP contribution < -0.4 is 0 Å². The molecule has 0 N–H and O–H groups in total. The average molecular weight is 421 g/mol. The van der Waals surface area contributed by atoms with Crippen molar-refractivity contribution >= 4 is 32.7 Å². The maximum Gasteiger partial charge on any atom is 0.271 e. The van der Waals surface area contributed by atoms with E-state index in [0.717, 1.165) is 54.3 Å². The highest BCUT2D eigenvalue weighted by molar-refractivity contribution is 9.10. The van der Waals surface area contributed by atoms with E-state index in [9.17, 15) is 4.79 Å². The fraction of sp³-hybridized carbons (Fsp3) is 0.550. The summed E-state index contributed by atoms with van der Waals surface area (Å²) in [5.74, 6) is 0.0431. The largest absolute Gasteiger partial charge is 0.376 e. The summed E-state index contributed by atoms with van der Waals surface area (Å²) < 4.78 is 14.5. The second-order valence-corrected chi connectivity index (χ2v) is 8.01. The first kappa shape index (κ1) is 18.0. The standard InChI is InChI=1S/C20H25BrN2O3/c1-22-17-9-3-2-8-16(17)18(21)19(22)20(24)23(12-14-6-4-10-25-14)13-15-7-5-11-26-15/h2-3,8-9,14-15H,4-7,10-13H2,1H3/t14-,15-/m1/s1. The van der Waals surface area contributed by atoms with Crippen LogP contribution >= 0.6 is 15.9 Å². The maximum absolute atomic E-state index is 13.5. The molecular formula is C20H25BrN2O3. The fourth-order valence-electron chi connectivity index (χ4n) is 4.04. The van der Waals surface area contributed by atoms with Gasteiger partial charge < -0.3 is 18.9 Å². The number of amides is 1. The van der Waals surface area contributed by atoms with Crippen LogP contribution in [-0.4, -0.2) is 53.9 Å². The lowest BCUT2D eigenvalue weighted by Crippen LogP contribution is -2.42. The van der Waals surface area contributed by atoms with Crippen molar-refractivity contribution in [1.29, 1.82) is 0 Å². The second kappa shape index (κ2) is 7.71. The minimum atomic E-state index is 0.0431. The highest BCUT2D eigenvalue weighted by atomic mass is 79.9. The Balaban J connectivity index is 1.64. The first-order chi connectivity index (χ1) is 12.6. The van der Waals surface area contributed by atoms with E-state index in [1.54, 1.807) is 0 Å². The monoisotopic (exact) mass is 420 g/mol. The maximum atomic E-state index is 13.5. The van der Waals surface area contributed by atoms with Crippen LogP contribution in [0.4, 0.5) is 0 Å². The van der Waals surface area contributed by atoms with Crippen molar-refractivity contribution in [3.8, 4) is 0 Å². The van der Waals surface area contributed by atoms with Gasteiger partial charge in [-0.3, -0.25) is 4.79 Å². The molecule has 140 valence electrons. The number of carbonyl (C=O) groups excluding carboxylic acids is 1. The van der Waals surface area contributed by atoms with Gasteiger partial charge >= 0.3 is 0 Å². The van der Waals surface area contributed by atoms with E-state index < -0.39 is 0 Å². The highest BCUT2D eigenvalue weighted by Crippen LogP contribution is 2.31. The van der Waals surface area contributed by atoms with Crippen LogP contribution in [0.25, 0.3) is 10.9 Å². The first-order valence-corrected chi connectivity index (χ1v) is 10.2. The summed E-state index contributed by atoms with van der Waals surface area (Å²) in [6.45, 7) is 2.86. The van der Waals surface area contributed by atoms with Crippen LogP contribution in [-0.2, 0) is 16.5 Å². The van der Waals surface area contributed by atoms with E-state index in [4.69, 9.17) is 9.47 Å². The van der Waals surface area contributed by atoms with Crippen molar-refractivity contribution in [3.05, 3.63) is 34.4 Å². The van der Waals surface area contributed by atoms with E-state index in [0.29, 0.717) is 18.8 Å². The molecule has 4 rings (SSSR count). The van der Waals surface area contributed by atoms with Crippen molar-refractivity contribution in [3.63, 3.8) is 0 Å². The molecule has 2 atom stereocenters. The lowest BCUT2D eigenvalue weighted by atomic mass is 10.1. The van der Waals surface area contributed by atoms with Gasteiger partial charge in [-0.1, -0.05) is 18.2 Å². The van der Waals surface area contributed by atoms with Crippen LogP contribution in [0.5, 0.6) is 0 Å². The smallest absolute Gasteiger partial charge is 0.271 e. The molecule has 0 bridgehead atoms. The number of benzene rings is 1. The first-order valence-electron chi connectivity index (χ1n) is 9.40. The Bertz CT molecular complexity index is 735. The molecule has 1 amide bonds. The Labute approximate surface area is 162 Å². The van der Waals surface area contributed by atoms with Crippen molar-refractivity contribution in [2.75, 3.05) is 26.3 Å². The Morgan fingerprint density at radius 2 is 1.77 bits per heavy atom. The molecular weight excluding hydrogens is 396 g/mol. The lowest BCUT2D eigenvalue weighted by Gasteiger charge is -2.28. The normalized spacial score (nSPS) is 23.0. The molecule has 6 heteroatoms. The van der Waals surface area contributed by atoms with Crippen molar-refractivity contribution in [2.24, 2.45) is 7.05 Å². The molecule has 26 heavy (non-hydrogen) atoms. The van der Waals surface area contributed by atoms with E-state index >= 15 is 0 Å². The molecule has 1 aromatic carbocycles. The number of carbonyl (C=O) groups is 1. The van der Waals surface area contributed by atoms with Crippen molar-refractivity contribution in [1.82, 2.24) is 9.47 Å². The van der Waals surface area contributed by atoms with Crippen LogP contribution in [0.3, 0.4) is 0 Å². The van der Waals surface area contributed by atoms with Crippen molar-refractivity contribution in [2.45, 2.75) is 37.9 Å². The van der Waals surface area contributed by atoms with Gasteiger partial charge in [-0.15, -0.1) is 0 Å². The summed E-state index contributed by atoms with van der Waals surface area (Å²) in [6.07, 6.45) is 4.45. The van der Waals surface area contributed by atoms with Gasteiger partial charge in [-0.2, -0.15) is 0 Å². The molecule has 0 saturated carbocycles. The van der Waals surface area contributed by atoms with E-state index in [-0.39, 0.29) is 18.1 Å². The van der Waals surface area contributed by atoms with Gasteiger partial charge in [0.25, 0.3) is 5.91 Å². The number of para-hydroxylation sites is 1. The zero-order chi connectivity index (χ0) is 18.1. The number of ether oxygens (including phenoxy) is 2. The van der Waals surface area contributed by atoms with Gasteiger partial charge in [0.05, 0.1) is 16.7 Å². The van der Waals surface area contributed by atoms with Gasteiger partial charge in [0.1, 0.15) is 5.69 Å². The number of halogens is 1. The Morgan fingerprint density at radius 3 is 2.31 bits per heavy atom. The zero-order valence-electron chi connectivity index (χ0n) is 15.1. The number of nitrogens with zero attached hydrogens (tertiary/aromatic N) is 2. The molecule has 0 aliphatic carbocycles. The minimum Gasteiger partial charge on any atom is -0.376 e. The van der Waals surface area contributed by atoms with E-state index in [1.165, 1.54) is 0 Å². The third-order valence-corrected chi connectivity index (χ3v) is 6.23. The summed E-state index contributed by atoms with van der Waals surface area (Å²) in [5.41, 5.74) is 1.75. The van der Waals surface area contributed by atoms with Gasteiger partial charge in [0.2, 0.25) is 0 Å². The predicted octanol–water partition coefficient (Wildman–Crippen LogP) is 3.74. The van der Waals surface area contributed by atoms with Crippen LogP contribution in [0.15, 0.2) is 28.7 Å². The van der Waals surface area contributed by atoms with Crippen molar-refractivity contribution < 1.29 is 14.3 Å². The number of hydrogen-bond donors (Lipinski definition) is 0. The number of fused-ring (bicyclic) bond motifs is 1. The summed E-state index contributed by atoms with van der Waals surface area (Å²) in [5, 5.41) is 1.06. The summed E-state index contributed by atoms with van der Waals surface area (Å²) in [7, 11) is 1.96. The van der Waals surface area contributed by atoms with Gasteiger partial charge in [-0.25, -0.2) is 0 Å². The van der Waals surface area contributed by atoms with Crippen LogP contribution in [0, 0.1) is 0 Å². The quantitative estimate of drug-likeness (QED) is 0.739. The lowest BCUT2D eigenvalue weighted by molar-refractivity contribution is 0.0302. The molecule has 0 radical (unpaired) electrons. The number of rotatable bonds is 5. The number of aromatic nitrogens is 1. The molecule has 2 aliphatic heterocycles. The molecule has 0 spiro atoms. The molecule has 2 aliphatic rings. The number of hydrogen-bond acceptors (Lipinski definition) is 3. The Morgan fingerprint density at radius 1 is 1.15 bits per heavy atom. The predicted molar refractivity (Wildman–Crippen MR) is 104 cm³/mol. The third kappa shape index (κ3) is 3.42. The Kier molecular flexibility index (Phi) is 5.34.